The fourth-order valence-corrected chi connectivity index (χ4v) is 1.95. The Kier molecular flexibility index (Phi) is 4.20. The minimum atomic E-state index is -0.848. The number of halogens is 2. The Morgan fingerprint density at radius 2 is 1.90 bits per heavy atom. The fourth-order valence-electron chi connectivity index (χ4n) is 1.83. The molecule has 0 saturated heterocycles. The number of nitro groups is 1. The van der Waals surface area contributed by atoms with Gasteiger partial charge >= 0.3 is 5.69 Å². The first-order chi connectivity index (χ1) is 9.47. The zero-order valence-electron chi connectivity index (χ0n) is 10.6. The van der Waals surface area contributed by atoms with Crippen molar-refractivity contribution in [2.24, 2.45) is 0 Å². The van der Waals surface area contributed by atoms with E-state index in [-0.39, 0.29) is 6.04 Å². The number of benzene rings is 2. The van der Waals surface area contributed by atoms with Crippen molar-refractivity contribution in [1.29, 1.82) is 0 Å². The Balaban J connectivity index is 2.19. The van der Waals surface area contributed by atoms with Crippen molar-refractivity contribution in [3.63, 3.8) is 0 Å². The van der Waals surface area contributed by atoms with Crippen molar-refractivity contribution in [3.05, 3.63) is 69.0 Å². The van der Waals surface area contributed by atoms with Crippen LogP contribution < -0.4 is 5.32 Å². The number of nitro benzene ring substituents is 1. The summed E-state index contributed by atoms with van der Waals surface area (Å²) in [5, 5.41) is 14.4. The van der Waals surface area contributed by atoms with Crippen molar-refractivity contribution < 1.29 is 9.31 Å². The first kappa shape index (κ1) is 14.3. The molecule has 1 N–H and O–H groups in total. The molecular formula is C14H12ClFN2O2. The number of anilines is 1. The zero-order valence-corrected chi connectivity index (χ0v) is 11.4. The van der Waals surface area contributed by atoms with E-state index in [1.54, 1.807) is 12.1 Å². The molecule has 0 aliphatic carbocycles. The van der Waals surface area contributed by atoms with Crippen molar-refractivity contribution in [1.82, 2.24) is 0 Å². The summed E-state index contributed by atoms with van der Waals surface area (Å²) in [7, 11) is 0. The molecule has 0 heterocycles. The molecule has 0 spiro atoms. The van der Waals surface area contributed by atoms with Crippen LogP contribution in [0.15, 0.2) is 42.5 Å². The van der Waals surface area contributed by atoms with E-state index in [1.165, 1.54) is 12.1 Å². The molecule has 6 heteroatoms. The summed E-state index contributed by atoms with van der Waals surface area (Å²) in [6, 6.07) is 10.9. The maximum absolute atomic E-state index is 13.2. The molecule has 2 aromatic rings. The number of nitrogens with one attached hydrogen (secondary N) is 1. The molecule has 104 valence electrons. The maximum Gasteiger partial charge on any atom is 0.306 e. The van der Waals surface area contributed by atoms with Gasteiger partial charge in [0.2, 0.25) is 5.82 Å². The molecule has 0 aromatic heterocycles. The van der Waals surface area contributed by atoms with Gasteiger partial charge in [-0.3, -0.25) is 10.1 Å². The Morgan fingerprint density at radius 3 is 2.50 bits per heavy atom. The fraction of sp³-hybridized carbons (Fsp3) is 0.143. The SMILES string of the molecule is CC(Nc1ccc(F)c([N+](=O)[O-])c1)c1ccc(Cl)cc1. The second kappa shape index (κ2) is 5.88. The van der Waals surface area contributed by atoms with E-state index in [2.05, 4.69) is 5.32 Å². The van der Waals surface area contributed by atoms with Crippen molar-refractivity contribution in [3.8, 4) is 0 Å². The average Bonchev–Trinajstić information content (AvgIpc) is 2.41. The van der Waals surface area contributed by atoms with Crippen LogP contribution in [0, 0.1) is 15.9 Å². The second-order valence-electron chi connectivity index (χ2n) is 4.34. The van der Waals surface area contributed by atoms with Gasteiger partial charge in [-0.15, -0.1) is 0 Å². The number of nitrogens with zero attached hydrogens (tertiary/aromatic N) is 1. The minimum absolute atomic E-state index is 0.0858. The van der Waals surface area contributed by atoms with Crippen LogP contribution in [0.25, 0.3) is 0 Å². The minimum Gasteiger partial charge on any atom is -0.378 e. The first-order valence-corrected chi connectivity index (χ1v) is 6.31. The predicted molar refractivity (Wildman–Crippen MR) is 76.5 cm³/mol. The largest absolute Gasteiger partial charge is 0.378 e. The number of hydrogen-bond acceptors (Lipinski definition) is 3. The highest BCUT2D eigenvalue weighted by molar-refractivity contribution is 6.30. The van der Waals surface area contributed by atoms with E-state index >= 15 is 0 Å². The number of hydrogen-bond donors (Lipinski definition) is 1. The van der Waals surface area contributed by atoms with Gasteiger partial charge in [0.15, 0.2) is 0 Å². The van der Waals surface area contributed by atoms with Crippen LogP contribution in [-0.2, 0) is 0 Å². The van der Waals surface area contributed by atoms with Gasteiger partial charge in [0.25, 0.3) is 0 Å². The van der Waals surface area contributed by atoms with Crippen molar-refractivity contribution in [2.45, 2.75) is 13.0 Å². The van der Waals surface area contributed by atoms with Gasteiger partial charge in [0, 0.05) is 22.8 Å². The average molecular weight is 295 g/mol. The van der Waals surface area contributed by atoms with E-state index < -0.39 is 16.4 Å². The summed E-state index contributed by atoms with van der Waals surface area (Å²) in [5.41, 5.74) is 0.917. The summed E-state index contributed by atoms with van der Waals surface area (Å²) in [6.07, 6.45) is 0. The van der Waals surface area contributed by atoms with Gasteiger partial charge in [-0.05, 0) is 36.8 Å². The summed E-state index contributed by atoms with van der Waals surface area (Å²) >= 11 is 5.81. The molecule has 2 aromatic carbocycles. The lowest BCUT2D eigenvalue weighted by Gasteiger charge is -2.15. The molecule has 2 rings (SSSR count). The first-order valence-electron chi connectivity index (χ1n) is 5.93. The van der Waals surface area contributed by atoms with Crippen LogP contribution in [0.1, 0.15) is 18.5 Å². The Bertz CT molecular complexity index is 632. The third kappa shape index (κ3) is 3.24. The van der Waals surface area contributed by atoms with Crippen LogP contribution in [0.5, 0.6) is 0 Å². The lowest BCUT2D eigenvalue weighted by molar-refractivity contribution is -0.387. The van der Waals surface area contributed by atoms with E-state index in [9.17, 15) is 14.5 Å². The predicted octanol–water partition coefficient (Wildman–Crippen LogP) is 4.56. The highest BCUT2D eigenvalue weighted by atomic mass is 35.5. The van der Waals surface area contributed by atoms with Gasteiger partial charge in [-0.25, -0.2) is 0 Å². The standard InChI is InChI=1S/C14H12ClFN2O2/c1-9(10-2-4-11(15)5-3-10)17-12-6-7-13(16)14(8-12)18(19)20/h2-9,17H,1H3. The molecule has 1 unspecified atom stereocenters. The molecule has 0 fully saturated rings. The smallest absolute Gasteiger partial charge is 0.306 e. The molecule has 0 aliphatic heterocycles. The third-order valence-corrected chi connectivity index (χ3v) is 3.15. The monoisotopic (exact) mass is 294 g/mol. The van der Waals surface area contributed by atoms with Crippen LogP contribution in [0.3, 0.4) is 0 Å². The normalized spacial score (nSPS) is 11.9. The molecule has 0 radical (unpaired) electrons. The molecule has 0 amide bonds. The topological polar surface area (TPSA) is 55.2 Å². The second-order valence-corrected chi connectivity index (χ2v) is 4.78. The lowest BCUT2D eigenvalue weighted by atomic mass is 10.1. The van der Waals surface area contributed by atoms with Crippen molar-refractivity contribution in [2.75, 3.05) is 5.32 Å². The van der Waals surface area contributed by atoms with Gasteiger partial charge in [-0.1, -0.05) is 23.7 Å². The molecule has 0 bridgehead atoms. The van der Waals surface area contributed by atoms with E-state index in [1.807, 2.05) is 19.1 Å². The summed E-state index contributed by atoms with van der Waals surface area (Å²) in [4.78, 5) is 9.95. The highest BCUT2D eigenvalue weighted by Crippen LogP contribution is 2.25. The molecule has 0 saturated carbocycles. The summed E-state index contributed by atoms with van der Waals surface area (Å²) in [6.45, 7) is 1.90. The summed E-state index contributed by atoms with van der Waals surface area (Å²) in [5.74, 6) is -0.848. The molecule has 20 heavy (non-hydrogen) atoms. The Hall–Kier alpha value is -2.14. The van der Waals surface area contributed by atoms with E-state index in [0.717, 1.165) is 11.6 Å². The highest BCUT2D eigenvalue weighted by Gasteiger charge is 2.15. The van der Waals surface area contributed by atoms with E-state index in [0.29, 0.717) is 10.7 Å². The van der Waals surface area contributed by atoms with Crippen molar-refractivity contribution >= 4 is 23.0 Å². The third-order valence-electron chi connectivity index (χ3n) is 2.90. The number of rotatable bonds is 4. The molecule has 0 aliphatic rings. The van der Waals surface area contributed by atoms with Gasteiger partial charge in [0.1, 0.15) is 0 Å². The van der Waals surface area contributed by atoms with Crippen LogP contribution in [0.2, 0.25) is 5.02 Å². The van der Waals surface area contributed by atoms with Gasteiger partial charge < -0.3 is 5.32 Å². The van der Waals surface area contributed by atoms with Crippen LogP contribution in [-0.4, -0.2) is 4.92 Å². The van der Waals surface area contributed by atoms with Crippen LogP contribution in [0.4, 0.5) is 15.8 Å². The quantitative estimate of drug-likeness (QED) is 0.664. The lowest BCUT2D eigenvalue weighted by Crippen LogP contribution is -2.07. The summed E-state index contributed by atoms with van der Waals surface area (Å²) < 4.78 is 13.2. The van der Waals surface area contributed by atoms with Gasteiger partial charge in [-0.2, -0.15) is 4.39 Å². The molecular weight excluding hydrogens is 283 g/mol. The molecule has 1 atom stereocenters. The molecule has 4 nitrogen and oxygen atoms in total. The van der Waals surface area contributed by atoms with Gasteiger partial charge in [0.05, 0.1) is 4.92 Å². The Morgan fingerprint density at radius 1 is 1.25 bits per heavy atom. The maximum atomic E-state index is 13.2. The van der Waals surface area contributed by atoms with Crippen LogP contribution >= 0.6 is 11.6 Å². The van der Waals surface area contributed by atoms with E-state index in [4.69, 9.17) is 11.6 Å². The Labute approximate surface area is 120 Å². The zero-order chi connectivity index (χ0) is 14.7.